The Morgan fingerprint density at radius 2 is 2.22 bits per heavy atom. The minimum absolute atomic E-state index is 0.0931. The quantitative estimate of drug-likeness (QED) is 0.815. The maximum atomic E-state index is 13.5. The largest absolute Gasteiger partial charge is 0.482 e. The van der Waals surface area contributed by atoms with E-state index < -0.39 is 5.82 Å². The standard InChI is InChI=1S/C17H21FN2O3/c1-2-13-9-12(7-8-21-13)10-17-19-16(20-23-17)11-22-15-6-4-3-5-14(15)18/h3-6,12-13H,2,7-11H2,1H3. The summed E-state index contributed by atoms with van der Waals surface area (Å²) >= 11 is 0. The first-order valence-corrected chi connectivity index (χ1v) is 8.05. The summed E-state index contributed by atoms with van der Waals surface area (Å²) in [5.74, 6) is 1.34. The molecule has 1 aliphatic heterocycles. The Labute approximate surface area is 134 Å². The average molecular weight is 320 g/mol. The molecule has 0 radical (unpaired) electrons. The van der Waals surface area contributed by atoms with E-state index in [4.69, 9.17) is 14.0 Å². The minimum Gasteiger partial charge on any atom is -0.482 e. The van der Waals surface area contributed by atoms with Gasteiger partial charge in [-0.15, -0.1) is 0 Å². The third-order valence-electron chi connectivity index (χ3n) is 4.10. The predicted molar refractivity (Wildman–Crippen MR) is 81.5 cm³/mol. The van der Waals surface area contributed by atoms with Gasteiger partial charge in [0, 0.05) is 13.0 Å². The van der Waals surface area contributed by atoms with Crippen LogP contribution < -0.4 is 4.74 Å². The smallest absolute Gasteiger partial charge is 0.227 e. The van der Waals surface area contributed by atoms with Crippen LogP contribution >= 0.6 is 0 Å². The fourth-order valence-electron chi connectivity index (χ4n) is 2.81. The van der Waals surface area contributed by atoms with Crippen molar-refractivity contribution in [3.8, 4) is 5.75 Å². The Hall–Kier alpha value is -1.95. The van der Waals surface area contributed by atoms with Crippen molar-refractivity contribution in [3.63, 3.8) is 0 Å². The second-order valence-corrected chi connectivity index (χ2v) is 5.82. The van der Waals surface area contributed by atoms with Gasteiger partial charge < -0.3 is 14.0 Å². The Kier molecular flexibility index (Phi) is 5.23. The van der Waals surface area contributed by atoms with Gasteiger partial charge in [-0.2, -0.15) is 4.98 Å². The molecule has 2 heterocycles. The number of rotatable bonds is 6. The molecule has 0 N–H and O–H groups in total. The Morgan fingerprint density at radius 3 is 3.04 bits per heavy atom. The van der Waals surface area contributed by atoms with Crippen LogP contribution in [0.25, 0.3) is 0 Å². The molecular weight excluding hydrogens is 299 g/mol. The van der Waals surface area contributed by atoms with Crippen LogP contribution in [0.3, 0.4) is 0 Å². The van der Waals surface area contributed by atoms with Gasteiger partial charge in [0.1, 0.15) is 0 Å². The molecule has 0 aliphatic carbocycles. The third-order valence-corrected chi connectivity index (χ3v) is 4.10. The lowest BCUT2D eigenvalue weighted by Crippen LogP contribution is -2.26. The van der Waals surface area contributed by atoms with Gasteiger partial charge in [0.05, 0.1) is 6.10 Å². The van der Waals surface area contributed by atoms with Crippen molar-refractivity contribution >= 4 is 0 Å². The van der Waals surface area contributed by atoms with Crippen molar-refractivity contribution in [1.29, 1.82) is 0 Å². The highest BCUT2D eigenvalue weighted by atomic mass is 19.1. The van der Waals surface area contributed by atoms with Crippen LogP contribution in [0, 0.1) is 11.7 Å². The topological polar surface area (TPSA) is 57.4 Å². The van der Waals surface area contributed by atoms with Gasteiger partial charge in [0.25, 0.3) is 0 Å². The minimum atomic E-state index is -0.399. The van der Waals surface area contributed by atoms with Crippen molar-refractivity contribution in [2.75, 3.05) is 6.61 Å². The molecule has 2 aromatic rings. The van der Waals surface area contributed by atoms with Crippen molar-refractivity contribution in [2.45, 2.75) is 45.3 Å². The third kappa shape index (κ3) is 4.28. The first-order chi connectivity index (χ1) is 11.2. The maximum Gasteiger partial charge on any atom is 0.227 e. The summed E-state index contributed by atoms with van der Waals surface area (Å²) in [6.07, 6.45) is 4.16. The van der Waals surface area contributed by atoms with Gasteiger partial charge in [-0.1, -0.05) is 24.2 Å². The van der Waals surface area contributed by atoms with Crippen molar-refractivity contribution in [3.05, 3.63) is 41.8 Å². The molecule has 6 heteroatoms. The Bertz CT molecular complexity index is 632. The van der Waals surface area contributed by atoms with Crippen molar-refractivity contribution < 1.29 is 18.4 Å². The lowest BCUT2D eigenvalue weighted by Gasteiger charge is -2.27. The Morgan fingerprint density at radius 1 is 1.35 bits per heavy atom. The van der Waals surface area contributed by atoms with E-state index in [0.717, 1.165) is 32.3 Å². The van der Waals surface area contributed by atoms with Crippen LogP contribution in [0.1, 0.15) is 37.9 Å². The van der Waals surface area contributed by atoms with E-state index in [2.05, 4.69) is 17.1 Å². The van der Waals surface area contributed by atoms with E-state index in [-0.39, 0.29) is 12.4 Å². The summed E-state index contributed by atoms with van der Waals surface area (Å²) in [5, 5.41) is 3.90. The van der Waals surface area contributed by atoms with Gasteiger partial charge in [-0.25, -0.2) is 4.39 Å². The van der Waals surface area contributed by atoms with E-state index >= 15 is 0 Å². The number of nitrogens with zero attached hydrogens (tertiary/aromatic N) is 2. The lowest BCUT2D eigenvalue weighted by atomic mass is 9.91. The van der Waals surface area contributed by atoms with Crippen LogP contribution in [0.2, 0.25) is 0 Å². The number of aromatic nitrogens is 2. The fraction of sp³-hybridized carbons (Fsp3) is 0.529. The van der Waals surface area contributed by atoms with Crippen LogP contribution in [0.15, 0.2) is 28.8 Å². The zero-order valence-electron chi connectivity index (χ0n) is 13.2. The molecule has 1 aromatic carbocycles. The van der Waals surface area contributed by atoms with Gasteiger partial charge >= 0.3 is 0 Å². The lowest BCUT2D eigenvalue weighted by molar-refractivity contribution is -0.0115. The predicted octanol–water partition coefficient (Wildman–Crippen LogP) is 3.54. The second kappa shape index (κ2) is 7.55. The summed E-state index contributed by atoms with van der Waals surface area (Å²) in [6.45, 7) is 3.02. The highest BCUT2D eigenvalue weighted by molar-refractivity contribution is 5.23. The molecule has 23 heavy (non-hydrogen) atoms. The van der Waals surface area contributed by atoms with E-state index in [1.54, 1.807) is 18.2 Å². The molecule has 0 saturated carbocycles. The van der Waals surface area contributed by atoms with E-state index in [1.165, 1.54) is 6.07 Å². The summed E-state index contributed by atoms with van der Waals surface area (Å²) in [4.78, 5) is 4.33. The molecule has 1 aliphatic rings. The van der Waals surface area contributed by atoms with Crippen molar-refractivity contribution in [1.82, 2.24) is 10.1 Å². The van der Waals surface area contributed by atoms with Gasteiger partial charge in [-0.05, 0) is 37.3 Å². The molecule has 1 fully saturated rings. The van der Waals surface area contributed by atoms with Crippen molar-refractivity contribution in [2.24, 2.45) is 5.92 Å². The van der Waals surface area contributed by atoms with Crippen LogP contribution in [-0.2, 0) is 17.8 Å². The van der Waals surface area contributed by atoms with Crippen LogP contribution in [0.5, 0.6) is 5.75 Å². The molecule has 0 amide bonds. The molecule has 124 valence electrons. The molecule has 3 rings (SSSR count). The monoisotopic (exact) mass is 320 g/mol. The van der Waals surface area contributed by atoms with Crippen LogP contribution in [0.4, 0.5) is 4.39 Å². The molecule has 2 unspecified atom stereocenters. The average Bonchev–Trinajstić information content (AvgIpc) is 3.02. The molecule has 0 spiro atoms. The number of hydrogen-bond donors (Lipinski definition) is 0. The number of halogens is 1. The van der Waals surface area contributed by atoms with Gasteiger partial charge in [-0.3, -0.25) is 0 Å². The van der Waals surface area contributed by atoms with Gasteiger partial charge in [0.2, 0.25) is 11.7 Å². The number of ether oxygens (including phenoxy) is 2. The number of para-hydroxylation sites is 1. The first-order valence-electron chi connectivity index (χ1n) is 8.05. The van der Waals surface area contributed by atoms with E-state index in [0.29, 0.717) is 23.7 Å². The summed E-state index contributed by atoms with van der Waals surface area (Å²) in [7, 11) is 0. The van der Waals surface area contributed by atoms with Gasteiger partial charge in [0.15, 0.2) is 18.2 Å². The summed E-state index contributed by atoms with van der Waals surface area (Å²) < 4.78 is 29.8. The number of hydrogen-bond acceptors (Lipinski definition) is 5. The first kappa shape index (κ1) is 15.9. The van der Waals surface area contributed by atoms with Crippen LogP contribution in [-0.4, -0.2) is 22.9 Å². The van der Waals surface area contributed by atoms with E-state index in [1.807, 2.05) is 0 Å². The number of benzene rings is 1. The normalized spacial score (nSPS) is 21.3. The zero-order valence-corrected chi connectivity index (χ0v) is 13.2. The molecule has 1 aromatic heterocycles. The molecular formula is C17H21FN2O3. The van der Waals surface area contributed by atoms with E-state index in [9.17, 15) is 4.39 Å². The molecule has 0 bridgehead atoms. The second-order valence-electron chi connectivity index (χ2n) is 5.82. The summed E-state index contributed by atoms with van der Waals surface area (Å²) in [6, 6.07) is 6.26. The summed E-state index contributed by atoms with van der Waals surface area (Å²) in [5.41, 5.74) is 0. The Balaban J connectivity index is 1.53. The maximum absolute atomic E-state index is 13.5. The highest BCUT2D eigenvalue weighted by Gasteiger charge is 2.23. The fourth-order valence-corrected chi connectivity index (χ4v) is 2.81. The highest BCUT2D eigenvalue weighted by Crippen LogP contribution is 2.25. The molecule has 5 nitrogen and oxygen atoms in total. The molecule has 2 atom stereocenters. The zero-order chi connectivity index (χ0) is 16.1. The SMILES string of the molecule is CCC1CC(Cc2nc(COc3ccccc3F)no2)CCO1. The molecule has 1 saturated heterocycles.